The van der Waals surface area contributed by atoms with E-state index in [0.29, 0.717) is 9.80 Å². The van der Waals surface area contributed by atoms with Crippen molar-refractivity contribution in [2.75, 3.05) is 14.1 Å². The molecule has 3 atom stereocenters. The molecule has 26 heavy (non-hydrogen) atoms. The number of aliphatic hydroxyl groups is 1. The highest BCUT2D eigenvalue weighted by molar-refractivity contribution is 8.00. The number of rotatable bonds is 4. The van der Waals surface area contributed by atoms with E-state index in [1.807, 2.05) is 6.07 Å². The minimum atomic E-state index is -2.70. The quantitative estimate of drug-likeness (QED) is 0.894. The molecule has 0 bridgehead atoms. The number of hydrogen-bond acceptors (Lipinski definition) is 4. The van der Waals surface area contributed by atoms with Gasteiger partial charge >= 0.3 is 6.03 Å². The van der Waals surface area contributed by atoms with Gasteiger partial charge in [0.1, 0.15) is 11.5 Å². The van der Waals surface area contributed by atoms with E-state index >= 15 is 4.39 Å². The number of imide groups is 1. The van der Waals surface area contributed by atoms with E-state index < -0.39 is 29.1 Å². The van der Waals surface area contributed by atoms with Gasteiger partial charge in [0, 0.05) is 19.0 Å². The molecule has 136 valence electrons. The standard InChI is InChI=1S/C19H19FN2O3S/c1-21-16(24)19(20,15(23)13-9-5-3-6-10-13)17(22(2)18(21)25)26-14-11-7-4-8-12-14/h3-12,15,17,23H,1-2H3/t15?,17-,19-/m1/s1. The van der Waals surface area contributed by atoms with Crippen molar-refractivity contribution in [3.8, 4) is 0 Å². The number of benzene rings is 2. The fourth-order valence-electron chi connectivity index (χ4n) is 2.99. The second-order valence-corrected chi connectivity index (χ2v) is 7.28. The Labute approximate surface area is 155 Å². The number of hydrogen-bond donors (Lipinski definition) is 1. The number of nitrogens with zero attached hydrogens (tertiary/aromatic N) is 2. The van der Waals surface area contributed by atoms with Crippen molar-refractivity contribution in [2.45, 2.75) is 22.0 Å². The Morgan fingerprint density at radius 1 is 1.04 bits per heavy atom. The van der Waals surface area contributed by atoms with Crippen LogP contribution in [0, 0.1) is 0 Å². The third-order valence-electron chi connectivity index (χ3n) is 4.44. The monoisotopic (exact) mass is 374 g/mol. The number of thioether (sulfide) groups is 1. The van der Waals surface area contributed by atoms with Crippen molar-refractivity contribution in [1.29, 1.82) is 0 Å². The molecule has 1 saturated heterocycles. The summed E-state index contributed by atoms with van der Waals surface area (Å²) < 4.78 is 16.2. The Hall–Kier alpha value is -2.38. The smallest absolute Gasteiger partial charge is 0.327 e. The van der Waals surface area contributed by atoms with E-state index in [9.17, 15) is 14.7 Å². The zero-order valence-corrected chi connectivity index (χ0v) is 15.2. The van der Waals surface area contributed by atoms with Gasteiger partial charge in [0.25, 0.3) is 5.91 Å². The molecule has 0 radical (unpaired) electrons. The van der Waals surface area contributed by atoms with Gasteiger partial charge in [0.05, 0.1) is 0 Å². The van der Waals surface area contributed by atoms with Gasteiger partial charge in [-0.05, 0) is 17.7 Å². The Kier molecular flexibility index (Phi) is 5.02. The van der Waals surface area contributed by atoms with Crippen LogP contribution in [-0.4, -0.2) is 52.0 Å². The van der Waals surface area contributed by atoms with Crippen LogP contribution in [0.25, 0.3) is 0 Å². The third-order valence-corrected chi connectivity index (χ3v) is 5.86. The van der Waals surface area contributed by atoms with E-state index in [4.69, 9.17) is 0 Å². The molecule has 0 aliphatic carbocycles. The number of urea groups is 1. The van der Waals surface area contributed by atoms with Crippen LogP contribution in [0.4, 0.5) is 9.18 Å². The minimum Gasteiger partial charge on any atom is -0.384 e. The third kappa shape index (κ3) is 2.97. The molecule has 0 spiro atoms. The van der Waals surface area contributed by atoms with E-state index in [1.54, 1.807) is 54.6 Å². The second-order valence-electron chi connectivity index (χ2n) is 6.12. The fraction of sp³-hybridized carbons (Fsp3) is 0.263. The van der Waals surface area contributed by atoms with Crippen LogP contribution < -0.4 is 0 Å². The Morgan fingerprint density at radius 2 is 1.58 bits per heavy atom. The predicted molar refractivity (Wildman–Crippen MR) is 97.3 cm³/mol. The number of aliphatic hydroxyl groups excluding tert-OH is 1. The molecular weight excluding hydrogens is 355 g/mol. The van der Waals surface area contributed by atoms with Crippen LogP contribution in [0.3, 0.4) is 0 Å². The highest BCUT2D eigenvalue weighted by atomic mass is 32.2. The molecule has 1 unspecified atom stereocenters. The average molecular weight is 374 g/mol. The predicted octanol–water partition coefficient (Wildman–Crippen LogP) is 3.07. The molecule has 0 aromatic heterocycles. The summed E-state index contributed by atoms with van der Waals surface area (Å²) in [6, 6.07) is 16.5. The van der Waals surface area contributed by atoms with Crippen LogP contribution >= 0.6 is 11.8 Å². The van der Waals surface area contributed by atoms with Gasteiger partial charge in [-0.25, -0.2) is 9.18 Å². The summed E-state index contributed by atoms with van der Waals surface area (Å²) in [6.07, 6.45) is -1.71. The molecule has 2 aromatic rings. The maximum absolute atomic E-state index is 16.2. The Balaban J connectivity index is 2.06. The largest absolute Gasteiger partial charge is 0.384 e. The average Bonchev–Trinajstić information content (AvgIpc) is 2.69. The van der Waals surface area contributed by atoms with E-state index in [0.717, 1.165) is 16.7 Å². The number of halogens is 1. The first-order valence-corrected chi connectivity index (χ1v) is 8.94. The molecule has 1 heterocycles. The minimum absolute atomic E-state index is 0.276. The van der Waals surface area contributed by atoms with E-state index in [-0.39, 0.29) is 5.56 Å². The lowest BCUT2D eigenvalue weighted by molar-refractivity contribution is -0.157. The van der Waals surface area contributed by atoms with Crippen molar-refractivity contribution in [3.63, 3.8) is 0 Å². The summed E-state index contributed by atoms with van der Waals surface area (Å²) >= 11 is 1.03. The first kappa shape index (κ1) is 18.4. The van der Waals surface area contributed by atoms with Gasteiger partial charge in [-0.15, -0.1) is 0 Å². The maximum Gasteiger partial charge on any atom is 0.327 e. The summed E-state index contributed by atoms with van der Waals surface area (Å²) in [5.74, 6) is -1.05. The summed E-state index contributed by atoms with van der Waals surface area (Å²) in [6.45, 7) is 0. The van der Waals surface area contributed by atoms with Crippen molar-refractivity contribution in [1.82, 2.24) is 9.80 Å². The lowest BCUT2D eigenvalue weighted by Crippen LogP contribution is -2.68. The van der Waals surface area contributed by atoms with Crippen molar-refractivity contribution in [3.05, 3.63) is 66.2 Å². The fourth-order valence-corrected chi connectivity index (χ4v) is 4.21. The normalized spacial score (nSPS) is 24.7. The van der Waals surface area contributed by atoms with Crippen LogP contribution in [-0.2, 0) is 4.79 Å². The molecule has 7 heteroatoms. The Morgan fingerprint density at radius 3 is 2.15 bits per heavy atom. The van der Waals surface area contributed by atoms with Gasteiger partial charge in [-0.1, -0.05) is 60.3 Å². The second kappa shape index (κ2) is 7.09. The topological polar surface area (TPSA) is 60.9 Å². The van der Waals surface area contributed by atoms with Gasteiger partial charge in [0.15, 0.2) is 0 Å². The van der Waals surface area contributed by atoms with Gasteiger partial charge in [-0.3, -0.25) is 9.69 Å². The van der Waals surface area contributed by atoms with Gasteiger partial charge in [0.2, 0.25) is 5.67 Å². The van der Waals surface area contributed by atoms with Crippen LogP contribution in [0.15, 0.2) is 65.6 Å². The molecule has 1 N–H and O–H groups in total. The molecule has 2 aromatic carbocycles. The lowest BCUT2D eigenvalue weighted by atomic mass is 9.89. The summed E-state index contributed by atoms with van der Waals surface area (Å²) in [5.41, 5.74) is -2.42. The van der Waals surface area contributed by atoms with Crippen LogP contribution in [0.5, 0.6) is 0 Å². The zero-order chi connectivity index (χ0) is 18.9. The number of amides is 3. The molecule has 3 rings (SSSR count). The highest BCUT2D eigenvalue weighted by Gasteiger charge is 2.61. The number of carbonyl (C=O) groups excluding carboxylic acids is 2. The maximum atomic E-state index is 16.2. The molecule has 1 fully saturated rings. The molecule has 5 nitrogen and oxygen atoms in total. The molecular formula is C19H19FN2O3S. The molecule has 0 saturated carbocycles. The SMILES string of the molecule is CN1C(=O)N(C)[C@H](Sc2ccccc2)[C@@](F)(C(O)c2ccccc2)C1=O. The number of carbonyl (C=O) groups is 2. The lowest BCUT2D eigenvalue weighted by Gasteiger charge is -2.46. The summed E-state index contributed by atoms with van der Waals surface area (Å²) in [5, 5.41) is 9.56. The highest BCUT2D eigenvalue weighted by Crippen LogP contribution is 2.45. The first-order chi connectivity index (χ1) is 12.4. The zero-order valence-electron chi connectivity index (χ0n) is 14.4. The van der Waals surface area contributed by atoms with E-state index in [2.05, 4.69) is 0 Å². The summed E-state index contributed by atoms with van der Waals surface area (Å²) in [4.78, 5) is 27.7. The van der Waals surface area contributed by atoms with Gasteiger partial charge < -0.3 is 10.0 Å². The van der Waals surface area contributed by atoms with Crippen molar-refractivity contribution < 1.29 is 19.1 Å². The summed E-state index contributed by atoms with van der Waals surface area (Å²) in [7, 11) is 2.65. The molecule has 1 aliphatic rings. The van der Waals surface area contributed by atoms with Crippen molar-refractivity contribution >= 4 is 23.7 Å². The number of alkyl halides is 1. The molecule has 1 aliphatic heterocycles. The first-order valence-electron chi connectivity index (χ1n) is 8.06. The van der Waals surface area contributed by atoms with Crippen LogP contribution in [0.2, 0.25) is 0 Å². The molecule has 3 amide bonds. The van der Waals surface area contributed by atoms with E-state index in [1.165, 1.54) is 14.1 Å². The van der Waals surface area contributed by atoms with Crippen LogP contribution in [0.1, 0.15) is 11.7 Å². The van der Waals surface area contributed by atoms with Crippen molar-refractivity contribution in [2.24, 2.45) is 0 Å². The Bertz CT molecular complexity index is 805. The van der Waals surface area contributed by atoms with Gasteiger partial charge in [-0.2, -0.15) is 0 Å².